The Morgan fingerprint density at radius 1 is 1.10 bits per heavy atom. The van der Waals surface area contributed by atoms with Crippen LogP contribution in [0.3, 0.4) is 0 Å². The van der Waals surface area contributed by atoms with E-state index in [2.05, 4.69) is 10.6 Å². The summed E-state index contributed by atoms with van der Waals surface area (Å²) in [6.07, 6.45) is -0.149. The summed E-state index contributed by atoms with van der Waals surface area (Å²) in [5.41, 5.74) is 0.956. The Bertz CT molecular complexity index is 458. The van der Waals surface area contributed by atoms with E-state index in [4.69, 9.17) is 4.74 Å². The van der Waals surface area contributed by atoms with E-state index >= 15 is 0 Å². The van der Waals surface area contributed by atoms with E-state index in [1.165, 1.54) is 0 Å². The largest absolute Gasteiger partial charge is 0.497 e. The molecule has 0 spiro atoms. The van der Waals surface area contributed by atoms with Crippen LogP contribution in [0, 0.1) is 0 Å². The number of benzene rings is 1. The van der Waals surface area contributed by atoms with Gasteiger partial charge in [0.1, 0.15) is 12.2 Å². The quantitative estimate of drug-likeness (QED) is 0.680. The highest BCUT2D eigenvalue weighted by Crippen LogP contribution is 2.10. The highest BCUT2D eigenvalue weighted by atomic mass is 16.5. The smallest absolute Gasteiger partial charge is 0.229 e. The molecule has 1 aromatic rings. The van der Waals surface area contributed by atoms with E-state index in [1.54, 1.807) is 7.11 Å². The first kappa shape index (κ1) is 17.0. The van der Waals surface area contributed by atoms with Crippen molar-refractivity contribution in [2.24, 2.45) is 0 Å². The number of carbonyl (C=O) groups excluding carboxylic acids is 2. The zero-order chi connectivity index (χ0) is 15.7. The SMILES string of the molecule is COc1ccc(CNC(=O)CC(=O)NCCN(C)C)cc1. The van der Waals surface area contributed by atoms with Crippen LogP contribution in [0.15, 0.2) is 24.3 Å². The molecule has 1 aromatic carbocycles. The molecule has 0 aliphatic rings. The number of amides is 2. The molecule has 0 heterocycles. The van der Waals surface area contributed by atoms with Crippen molar-refractivity contribution in [3.05, 3.63) is 29.8 Å². The van der Waals surface area contributed by atoms with E-state index in [0.29, 0.717) is 13.1 Å². The van der Waals surface area contributed by atoms with Gasteiger partial charge in [-0.2, -0.15) is 0 Å². The molecule has 0 unspecified atom stereocenters. The lowest BCUT2D eigenvalue weighted by Crippen LogP contribution is -2.35. The van der Waals surface area contributed by atoms with E-state index in [0.717, 1.165) is 17.9 Å². The highest BCUT2D eigenvalue weighted by molar-refractivity contribution is 5.96. The van der Waals surface area contributed by atoms with Crippen molar-refractivity contribution in [2.75, 3.05) is 34.3 Å². The first-order valence-corrected chi connectivity index (χ1v) is 6.82. The van der Waals surface area contributed by atoms with E-state index in [-0.39, 0.29) is 18.2 Å². The second kappa shape index (κ2) is 8.97. The van der Waals surface area contributed by atoms with Crippen LogP contribution in [0.25, 0.3) is 0 Å². The molecule has 0 bridgehead atoms. The second-order valence-corrected chi connectivity index (χ2v) is 4.95. The summed E-state index contributed by atoms with van der Waals surface area (Å²) in [6.45, 7) is 1.69. The van der Waals surface area contributed by atoms with Gasteiger partial charge < -0.3 is 20.3 Å². The van der Waals surface area contributed by atoms with Gasteiger partial charge in [0.05, 0.1) is 7.11 Å². The molecule has 0 fully saturated rings. The van der Waals surface area contributed by atoms with Crippen LogP contribution < -0.4 is 15.4 Å². The van der Waals surface area contributed by atoms with Crippen LogP contribution in [-0.2, 0) is 16.1 Å². The van der Waals surface area contributed by atoms with Crippen molar-refractivity contribution in [1.82, 2.24) is 15.5 Å². The van der Waals surface area contributed by atoms with Crippen LogP contribution in [-0.4, -0.2) is 51.0 Å². The summed E-state index contributed by atoms with van der Waals surface area (Å²) in [7, 11) is 5.45. The standard InChI is InChI=1S/C15H23N3O3/c1-18(2)9-8-16-14(19)10-15(20)17-11-12-4-6-13(21-3)7-5-12/h4-7H,8-11H2,1-3H3,(H,16,19)(H,17,20). The van der Waals surface area contributed by atoms with Gasteiger partial charge in [0.2, 0.25) is 11.8 Å². The molecule has 1 rings (SSSR count). The summed E-state index contributed by atoms with van der Waals surface area (Å²) in [5, 5.41) is 5.42. The average molecular weight is 293 g/mol. The summed E-state index contributed by atoms with van der Waals surface area (Å²) in [6, 6.07) is 7.40. The Morgan fingerprint density at radius 2 is 1.71 bits per heavy atom. The molecule has 0 saturated carbocycles. The zero-order valence-electron chi connectivity index (χ0n) is 12.8. The van der Waals surface area contributed by atoms with Crippen LogP contribution in [0.2, 0.25) is 0 Å². The van der Waals surface area contributed by atoms with Gasteiger partial charge in [-0.05, 0) is 31.8 Å². The zero-order valence-corrected chi connectivity index (χ0v) is 12.8. The number of methoxy groups -OCH3 is 1. The number of hydrogen-bond donors (Lipinski definition) is 2. The number of hydrogen-bond acceptors (Lipinski definition) is 4. The van der Waals surface area contributed by atoms with Gasteiger partial charge in [-0.1, -0.05) is 12.1 Å². The molecule has 2 N–H and O–H groups in total. The number of nitrogens with zero attached hydrogens (tertiary/aromatic N) is 1. The third kappa shape index (κ3) is 7.31. The first-order valence-electron chi connectivity index (χ1n) is 6.82. The normalized spacial score (nSPS) is 10.3. The topological polar surface area (TPSA) is 70.7 Å². The maximum atomic E-state index is 11.6. The fraction of sp³-hybridized carbons (Fsp3) is 0.467. The molecule has 0 aliphatic heterocycles. The average Bonchev–Trinajstić information content (AvgIpc) is 2.45. The minimum absolute atomic E-state index is 0.149. The molecule has 0 atom stereocenters. The molecular weight excluding hydrogens is 270 g/mol. The monoisotopic (exact) mass is 293 g/mol. The van der Waals surface area contributed by atoms with Crippen molar-refractivity contribution in [2.45, 2.75) is 13.0 Å². The Kier molecular flexibility index (Phi) is 7.25. The molecule has 0 radical (unpaired) electrons. The van der Waals surface area contributed by atoms with Crippen molar-refractivity contribution in [3.63, 3.8) is 0 Å². The molecule has 0 aromatic heterocycles. The van der Waals surface area contributed by atoms with Gasteiger partial charge in [0.15, 0.2) is 0 Å². The van der Waals surface area contributed by atoms with Gasteiger partial charge in [0.25, 0.3) is 0 Å². The Hall–Kier alpha value is -2.08. The fourth-order valence-electron chi connectivity index (χ4n) is 1.63. The van der Waals surface area contributed by atoms with E-state index in [1.807, 2.05) is 43.3 Å². The van der Waals surface area contributed by atoms with Gasteiger partial charge in [-0.15, -0.1) is 0 Å². The van der Waals surface area contributed by atoms with E-state index in [9.17, 15) is 9.59 Å². The minimum Gasteiger partial charge on any atom is -0.497 e. The lowest BCUT2D eigenvalue weighted by Gasteiger charge is -2.10. The molecule has 6 nitrogen and oxygen atoms in total. The molecule has 0 aliphatic carbocycles. The minimum atomic E-state index is -0.284. The third-order valence-electron chi connectivity index (χ3n) is 2.85. The third-order valence-corrected chi connectivity index (χ3v) is 2.85. The van der Waals surface area contributed by atoms with Gasteiger partial charge >= 0.3 is 0 Å². The number of likely N-dealkylation sites (N-methyl/N-ethyl adjacent to an activating group) is 1. The summed E-state index contributed by atoms with van der Waals surface area (Å²) < 4.78 is 5.06. The van der Waals surface area contributed by atoms with Crippen molar-refractivity contribution < 1.29 is 14.3 Å². The van der Waals surface area contributed by atoms with Crippen LogP contribution >= 0.6 is 0 Å². The maximum absolute atomic E-state index is 11.6. The number of rotatable bonds is 8. The summed E-state index contributed by atoms with van der Waals surface area (Å²) >= 11 is 0. The van der Waals surface area contributed by atoms with Crippen molar-refractivity contribution in [1.29, 1.82) is 0 Å². The second-order valence-electron chi connectivity index (χ2n) is 4.95. The lowest BCUT2D eigenvalue weighted by molar-refractivity contribution is -0.129. The molecule has 0 saturated heterocycles. The predicted octanol–water partition coefficient (Wildman–Crippen LogP) is 0.379. The van der Waals surface area contributed by atoms with Crippen molar-refractivity contribution in [3.8, 4) is 5.75 Å². The molecular formula is C15H23N3O3. The Morgan fingerprint density at radius 3 is 2.29 bits per heavy atom. The number of nitrogens with one attached hydrogen (secondary N) is 2. The van der Waals surface area contributed by atoms with Gasteiger partial charge in [0, 0.05) is 19.6 Å². The van der Waals surface area contributed by atoms with Crippen LogP contribution in [0.4, 0.5) is 0 Å². The maximum Gasteiger partial charge on any atom is 0.229 e. The molecule has 6 heteroatoms. The Labute approximate surface area is 125 Å². The van der Waals surface area contributed by atoms with Gasteiger partial charge in [-0.3, -0.25) is 9.59 Å². The van der Waals surface area contributed by atoms with Crippen molar-refractivity contribution >= 4 is 11.8 Å². The van der Waals surface area contributed by atoms with Crippen LogP contribution in [0.5, 0.6) is 5.75 Å². The number of carbonyl (C=O) groups is 2. The summed E-state index contributed by atoms with van der Waals surface area (Å²) in [4.78, 5) is 25.1. The fourth-order valence-corrected chi connectivity index (χ4v) is 1.63. The summed E-state index contributed by atoms with van der Waals surface area (Å²) in [5.74, 6) is 0.225. The molecule has 21 heavy (non-hydrogen) atoms. The highest BCUT2D eigenvalue weighted by Gasteiger charge is 2.08. The van der Waals surface area contributed by atoms with Crippen LogP contribution in [0.1, 0.15) is 12.0 Å². The molecule has 2 amide bonds. The number of ether oxygens (including phenoxy) is 1. The lowest BCUT2D eigenvalue weighted by atomic mass is 10.2. The Balaban J connectivity index is 2.25. The van der Waals surface area contributed by atoms with E-state index < -0.39 is 0 Å². The molecule has 116 valence electrons. The first-order chi connectivity index (χ1) is 10.0. The van der Waals surface area contributed by atoms with Gasteiger partial charge in [-0.25, -0.2) is 0 Å². The predicted molar refractivity (Wildman–Crippen MR) is 81.0 cm³/mol.